The molecule has 1 N–H and O–H groups in total. The van der Waals surface area contributed by atoms with Crippen LogP contribution in [0.1, 0.15) is 19.3 Å². The zero-order valence-corrected chi connectivity index (χ0v) is 12.1. The lowest BCUT2D eigenvalue weighted by Crippen LogP contribution is -2.21. The van der Waals surface area contributed by atoms with E-state index in [1.165, 1.54) is 6.42 Å². The Morgan fingerprint density at radius 1 is 1.26 bits per heavy atom. The molecule has 102 valence electrons. The lowest BCUT2D eigenvalue weighted by atomic mass is 10.0. The largest absolute Gasteiger partial charge is 0.376 e. The molecule has 1 aromatic rings. The van der Waals surface area contributed by atoms with Crippen LogP contribution in [0.4, 0.5) is 11.4 Å². The highest BCUT2D eigenvalue weighted by Crippen LogP contribution is 2.54. The topological polar surface area (TPSA) is 32.3 Å². The van der Waals surface area contributed by atoms with E-state index < -0.39 is 0 Å². The molecule has 2 fully saturated rings. The molecule has 2 aliphatic carbocycles. The van der Waals surface area contributed by atoms with Crippen molar-refractivity contribution in [2.45, 2.75) is 19.3 Å². The Morgan fingerprint density at radius 2 is 1.95 bits per heavy atom. The molecule has 0 bridgehead atoms. The van der Waals surface area contributed by atoms with Gasteiger partial charge in [-0.3, -0.25) is 4.79 Å². The zero-order chi connectivity index (χ0) is 13.6. The highest BCUT2D eigenvalue weighted by Gasteiger charge is 2.47. The minimum absolute atomic E-state index is 0.154. The molecule has 0 spiro atoms. The van der Waals surface area contributed by atoms with Crippen LogP contribution in [0.25, 0.3) is 0 Å². The minimum atomic E-state index is 0.154. The number of carbonyl (C=O) groups excluding carboxylic acids is 1. The molecule has 2 atom stereocenters. The lowest BCUT2D eigenvalue weighted by molar-refractivity contribution is -0.120. The van der Waals surface area contributed by atoms with Crippen molar-refractivity contribution in [1.29, 1.82) is 0 Å². The highest BCUT2D eigenvalue weighted by atomic mass is 35.5. The van der Waals surface area contributed by atoms with Crippen molar-refractivity contribution in [3.63, 3.8) is 0 Å². The van der Waals surface area contributed by atoms with Gasteiger partial charge in [0.15, 0.2) is 0 Å². The Kier molecular flexibility index (Phi) is 3.17. The summed E-state index contributed by atoms with van der Waals surface area (Å²) in [6.45, 7) is 0. The van der Waals surface area contributed by atoms with Gasteiger partial charge in [0.05, 0.1) is 10.7 Å². The molecule has 0 aromatic heterocycles. The normalized spacial score (nSPS) is 27.8. The molecule has 1 amide bonds. The van der Waals surface area contributed by atoms with Gasteiger partial charge in [0.1, 0.15) is 0 Å². The average Bonchev–Trinajstić information content (AvgIpc) is 2.95. The highest BCUT2D eigenvalue weighted by molar-refractivity contribution is 6.33. The first-order valence-electron chi connectivity index (χ1n) is 6.82. The Morgan fingerprint density at radius 3 is 2.53 bits per heavy atom. The third-order valence-corrected chi connectivity index (χ3v) is 4.61. The van der Waals surface area contributed by atoms with Crippen molar-refractivity contribution in [2.24, 2.45) is 17.8 Å². The molecule has 0 saturated heterocycles. The summed E-state index contributed by atoms with van der Waals surface area (Å²) in [5, 5.41) is 3.65. The third kappa shape index (κ3) is 2.57. The van der Waals surface area contributed by atoms with Crippen LogP contribution in [0.5, 0.6) is 0 Å². The number of halogens is 1. The molecule has 3 rings (SSSR count). The Bertz CT molecular complexity index is 505. The first-order valence-corrected chi connectivity index (χ1v) is 7.20. The van der Waals surface area contributed by atoms with E-state index in [2.05, 4.69) is 5.32 Å². The van der Waals surface area contributed by atoms with E-state index in [0.29, 0.717) is 5.02 Å². The second-order valence-corrected chi connectivity index (χ2v) is 6.38. The SMILES string of the molecule is CN(C)c1ccc(NC(=O)C2CC3CC3C2)cc1Cl. The number of nitrogens with one attached hydrogen (secondary N) is 1. The summed E-state index contributed by atoms with van der Waals surface area (Å²) in [6.07, 6.45) is 3.48. The van der Waals surface area contributed by atoms with Crippen LogP contribution >= 0.6 is 11.6 Å². The number of fused-ring (bicyclic) bond motifs is 1. The molecule has 0 heterocycles. The maximum Gasteiger partial charge on any atom is 0.227 e. The summed E-state index contributed by atoms with van der Waals surface area (Å²) < 4.78 is 0. The fraction of sp³-hybridized carbons (Fsp3) is 0.533. The minimum Gasteiger partial charge on any atom is -0.376 e. The molecule has 3 nitrogen and oxygen atoms in total. The Labute approximate surface area is 118 Å². The Balaban J connectivity index is 1.66. The zero-order valence-electron chi connectivity index (χ0n) is 11.3. The molecular formula is C15H19ClN2O. The van der Waals surface area contributed by atoms with Crippen LogP contribution in [0.2, 0.25) is 5.02 Å². The number of amides is 1. The van der Waals surface area contributed by atoms with E-state index in [9.17, 15) is 4.79 Å². The summed E-state index contributed by atoms with van der Waals surface area (Å²) in [6, 6.07) is 5.67. The van der Waals surface area contributed by atoms with Gasteiger partial charge in [0.25, 0.3) is 0 Å². The van der Waals surface area contributed by atoms with E-state index in [1.54, 1.807) is 0 Å². The summed E-state index contributed by atoms with van der Waals surface area (Å²) in [5.74, 6) is 2.02. The number of anilines is 2. The van der Waals surface area contributed by atoms with E-state index in [0.717, 1.165) is 36.1 Å². The van der Waals surface area contributed by atoms with E-state index in [1.807, 2.05) is 37.2 Å². The molecule has 1 aromatic carbocycles. The predicted molar refractivity (Wildman–Crippen MR) is 78.7 cm³/mol. The molecular weight excluding hydrogens is 260 g/mol. The van der Waals surface area contributed by atoms with Crippen LogP contribution in [0.3, 0.4) is 0 Å². The summed E-state index contributed by atoms with van der Waals surface area (Å²) >= 11 is 6.20. The molecule has 0 radical (unpaired) electrons. The van der Waals surface area contributed by atoms with E-state index in [4.69, 9.17) is 11.6 Å². The van der Waals surface area contributed by atoms with Crippen LogP contribution in [0, 0.1) is 17.8 Å². The fourth-order valence-corrected chi connectivity index (χ4v) is 3.47. The molecule has 0 aliphatic heterocycles. The maximum atomic E-state index is 12.1. The van der Waals surface area contributed by atoms with Crippen molar-refractivity contribution in [3.8, 4) is 0 Å². The Hall–Kier alpha value is -1.22. The summed E-state index contributed by atoms with van der Waals surface area (Å²) in [5.41, 5.74) is 1.75. The van der Waals surface area contributed by atoms with Crippen molar-refractivity contribution in [1.82, 2.24) is 0 Å². The van der Waals surface area contributed by atoms with Gasteiger partial charge in [-0.15, -0.1) is 0 Å². The standard InChI is InChI=1S/C15H19ClN2O/c1-18(2)14-4-3-12(8-13(14)16)17-15(19)11-6-9-5-10(9)7-11/h3-4,8-11H,5-7H2,1-2H3,(H,17,19). The summed E-state index contributed by atoms with van der Waals surface area (Å²) in [7, 11) is 3.90. The molecule has 19 heavy (non-hydrogen) atoms. The van der Waals surface area contributed by atoms with Crippen molar-refractivity contribution in [3.05, 3.63) is 23.2 Å². The van der Waals surface area contributed by atoms with Gasteiger partial charge in [0, 0.05) is 25.7 Å². The van der Waals surface area contributed by atoms with Gasteiger partial charge in [-0.1, -0.05) is 11.6 Å². The number of hydrogen-bond donors (Lipinski definition) is 1. The van der Waals surface area contributed by atoms with Gasteiger partial charge < -0.3 is 10.2 Å². The van der Waals surface area contributed by atoms with Crippen molar-refractivity contribution >= 4 is 28.9 Å². The molecule has 2 saturated carbocycles. The second kappa shape index (κ2) is 4.71. The number of hydrogen-bond acceptors (Lipinski definition) is 2. The molecule has 4 heteroatoms. The fourth-order valence-electron chi connectivity index (χ4n) is 3.12. The quantitative estimate of drug-likeness (QED) is 0.919. The lowest BCUT2D eigenvalue weighted by Gasteiger charge is -2.16. The number of carbonyl (C=O) groups is 1. The van der Waals surface area contributed by atoms with Gasteiger partial charge in [-0.2, -0.15) is 0 Å². The number of benzene rings is 1. The number of rotatable bonds is 3. The second-order valence-electron chi connectivity index (χ2n) is 5.97. The third-order valence-electron chi connectivity index (χ3n) is 4.31. The van der Waals surface area contributed by atoms with Crippen molar-refractivity contribution < 1.29 is 4.79 Å². The van der Waals surface area contributed by atoms with E-state index in [-0.39, 0.29) is 11.8 Å². The molecule has 2 unspecified atom stereocenters. The van der Waals surface area contributed by atoms with Gasteiger partial charge in [-0.25, -0.2) is 0 Å². The van der Waals surface area contributed by atoms with Crippen LogP contribution in [-0.4, -0.2) is 20.0 Å². The van der Waals surface area contributed by atoms with Crippen LogP contribution < -0.4 is 10.2 Å². The van der Waals surface area contributed by atoms with E-state index >= 15 is 0 Å². The van der Waals surface area contributed by atoms with Gasteiger partial charge >= 0.3 is 0 Å². The van der Waals surface area contributed by atoms with Gasteiger partial charge in [0.2, 0.25) is 5.91 Å². The van der Waals surface area contributed by atoms with Crippen molar-refractivity contribution in [2.75, 3.05) is 24.3 Å². The van der Waals surface area contributed by atoms with Crippen LogP contribution in [-0.2, 0) is 4.79 Å². The molecule has 2 aliphatic rings. The monoisotopic (exact) mass is 278 g/mol. The first kappa shape index (κ1) is 12.8. The van der Waals surface area contributed by atoms with Crippen LogP contribution in [0.15, 0.2) is 18.2 Å². The average molecular weight is 279 g/mol. The first-order chi connectivity index (χ1) is 9.04. The maximum absolute atomic E-state index is 12.1. The summed E-state index contributed by atoms with van der Waals surface area (Å²) in [4.78, 5) is 14.1. The van der Waals surface area contributed by atoms with Gasteiger partial charge in [-0.05, 0) is 49.3 Å². The smallest absolute Gasteiger partial charge is 0.227 e. The predicted octanol–water partition coefficient (Wildman–Crippen LogP) is 3.39. The number of nitrogens with zero attached hydrogens (tertiary/aromatic N) is 1.